The first kappa shape index (κ1) is 13.0. The molecule has 1 aromatic rings. The lowest BCUT2D eigenvalue weighted by molar-refractivity contribution is -0.144. The quantitative estimate of drug-likeness (QED) is 0.470. The molecule has 0 aromatic heterocycles. The molecule has 1 aliphatic carbocycles. The van der Waals surface area contributed by atoms with Crippen LogP contribution in [0.5, 0.6) is 5.75 Å². The van der Waals surface area contributed by atoms with Crippen molar-refractivity contribution >= 4 is 17.5 Å². The predicted molar refractivity (Wildman–Crippen MR) is 66.1 cm³/mol. The van der Waals surface area contributed by atoms with Gasteiger partial charge in [-0.3, -0.25) is 14.4 Å². The molecule has 0 aliphatic heterocycles. The van der Waals surface area contributed by atoms with Crippen molar-refractivity contribution in [2.45, 2.75) is 19.4 Å². The third-order valence-electron chi connectivity index (χ3n) is 2.76. The Hall–Kier alpha value is -2.43. The van der Waals surface area contributed by atoms with Gasteiger partial charge in [0.1, 0.15) is 5.75 Å². The molecular weight excluding hydrogens is 248 g/mol. The Bertz CT molecular complexity index is 573. The molecule has 0 amide bonds. The van der Waals surface area contributed by atoms with Gasteiger partial charge in [-0.2, -0.15) is 0 Å². The molecule has 98 valence electrons. The first-order valence-corrected chi connectivity index (χ1v) is 5.78. The monoisotopic (exact) mass is 260 g/mol. The van der Waals surface area contributed by atoms with Crippen LogP contribution in [0.1, 0.15) is 34.1 Å². The maximum Gasteiger partial charge on any atom is 0.306 e. The number of carbonyl (C=O) groups is 3. The number of ether oxygens (including phenoxy) is 2. The van der Waals surface area contributed by atoms with Gasteiger partial charge in [0, 0.05) is 12.0 Å². The lowest BCUT2D eigenvalue weighted by Crippen LogP contribution is -2.28. The molecule has 1 unspecified atom stereocenters. The van der Waals surface area contributed by atoms with Gasteiger partial charge in [-0.25, -0.2) is 0 Å². The lowest BCUT2D eigenvalue weighted by atomic mass is 10.1. The molecule has 0 spiro atoms. The highest BCUT2D eigenvalue weighted by molar-refractivity contribution is 6.30. The van der Waals surface area contributed by atoms with Crippen molar-refractivity contribution in [1.29, 1.82) is 0 Å². The fourth-order valence-electron chi connectivity index (χ4n) is 1.89. The van der Waals surface area contributed by atoms with E-state index in [1.807, 2.05) is 0 Å². The number of benzene rings is 1. The number of hydrogen-bond donors (Lipinski definition) is 0. The van der Waals surface area contributed by atoms with Gasteiger partial charge in [-0.05, 0) is 6.07 Å². The van der Waals surface area contributed by atoms with E-state index in [-0.39, 0.29) is 23.3 Å². The second-order valence-corrected chi connectivity index (χ2v) is 3.92. The van der Waals surface area contributed by atoms with Gasteiger partial charge < -0.3 is 9.47 Å². The minimum Gasteiger partial charge on any atom is -0.465 e. The van der Waals surface area contributed by atoms with Crippen molar-refractivity contribution < 1.29 is 23.9 Å². The molecule has 0 heterocycles. The maximum absolute atomic E-state index is 12.1. The van der Waals surface area contributed by atoms with E-state index in [1.165, 1.54) is 12.3 Å². The van der Waals surface area contributed by atoms with E-state index >= 15 is 0 Å². The molecule has 0 saturated carbocycles. The van der Waals surface area contributed by atoms with E-state index in [9.17, 15) is 14.4 Å². The zero-order valence-electron chi connectivity index (χ0n) is 10.3. The Morgan fingerprint density at radius 1 is 1.37 bits per heavy atom. The summed E-state index contributed by atoms with van der Waals surface area (Å²) in [4.78, 5) is 35.4. The van der Waals surface area contributed by atoms with Crippen LogP contribution in [0.4, 0.5) is 0 Å². The smallest absolute Gasteiger partial charge is 0.306 e. The van der Waals surface area contributed by atoms with E-state index in [2.05, 4.69) is 6.58 Å². The number of carbonyl (C=O) groups excluding carboxylic acids is 3. The predicted octanol–water partition coefficient (Wildman–Crippen LogP) is 1.91. The van der Waals surface area contributed by atoms with Crippen LogP contribution in [0.25, 0.3) is 0 Å². The van der Waals surface area contributed by atoms with E-state index in [0.717, 1.165) is 0 Å². The van der Waals surface area contributed by atoms with Crippen molar-refractivity contribution in [2.24, 2.45) is 0 Å². The molecule has 5 heteroatoms. The Labute approximate surface area is 109 Å². The van der Waals surface area contributed by atoms with Gasteiger partial charge >= 0.3 is 5.97 Å². The highest BCUT2D eigenvalue weighted by Crippen LogP contribution is 2.32. The van der Waals surface area contributed by atoms with E-state index in [0.29, 0.717) is 0 Å². The summed E-state index contributed by atoms with van der Waals surface area (Å²) in [5, 5.41) is 0. The van der Waals surface area contributed by atoms with Crippen molar-refractivity contribution in [2.75, 3.05) is 0 Å². The third kappa shape index (κ3) is 2.14. The number of Topliss-reactive ketones (excluding diaryl/α,β-unsaturated/α-hetero) is 2. The van der Waals surface area contributed by atoms with Gasteiger partial charge in [0.05, 0.1) is 11.8 Å². The van der Waals surface area contributed by atoms with Gasteiger partial charge in [-0.1, -0.05) is 25.6 Å². The van der Waals surface area contributed by atoms with Gasteiger partial charge in [0.25, 0.3) is 0 Å². The average molecular weight is 260 g/mol. The van der Waals surface area contributed by atoms with Crippen molar-refractivity contribution in [3.05, 3.63) is 42.2 Å². The minimum absolute atomic E-state index is 0.101. The summed E-state index contributed by atoms with van der Waals surface area (Å²) in [6, 6.07) is 4.65. The Kier molecular flexibility index (Phi) is 3.46. The molecule has 0 saturated heterocycles. The zero-order chi connectivity index (χ0) is 14.0. The Balaban J connectivity index is 2.41. The number of rotatable bonds is 4. The summed E-state index contributed by atoms with van der Waals surface area (Å²) in [5.41, 5.74) is 0.347. The van der Waals surface area contributed by atoms with Crippen LogP contribution < -0.4 is 4.74 Å². The molecule has 0 bridgehead atoms. The summed E-state index contributed by atoms with van der Waals surface area (Å²) >= 11 is 0. The van der Waals surface area contributed by atoms with Crippen molar-refractivity contribution in [3.63, 3.8) is 0 Å². The number of hydrogen-bond acceptors (Lipinski definition) is 5. The molecular formula is C14H12O5. The van der Waals surface area contributed by atoms with Crippen LogP contribution >= 0.6 is 0 Å². The first-order chi connectivity index (χ1) is 9.10. The lowest BCUT2D eigenvalue weighted by Gasteiger charge is -2.08. The summed E-state index contributed by atoms with van der Waals surface area (Å²) in [7, 11) is 0. The molecule has 19 heavy (non-hydrogen) atoms. The van der Waals surface area contributed by atoms with Crippen LogP contribution in [0.15, 0.2) is 31.0 Å². The normalized spacial score (nSPS) is 17.0. The first-order valence-electron chi connectivity index (χ1n) is 5.78. The van der Waals surface area contributed by atoms with E-state index in [1.54, 1.807) is 19.1 Å². The fourth-order valence-corrected chi connectivity index (χ4v) is 1.89. The second kappa shape index (κ2) is 5.06. The van der Waals surface area contributed by atoms with Crippen molar-refractivity contribution in [1.82, 2.24) is 0 Å². The highest BCUT2D eigenvalue weighted by atomic mass is 16.6. The molecule has 5 nitrogen and oxygen atoms in total. The van der Waals surface area contributed by atoms with Crippen LogP contribution in [0.3, 0.4) is 0 Å². The number of ketones is 2. The van der Waals surface area contributed by atoms with Gasteiger partial charge in [0.2, 0.25) is 17.7 Å². The summed E-state index contributed by atoms with van der Waals surface area (Å²) < 4.78 is 9.98. The summed E-state index contributed by atoms with van der Waals surface area (Å²) in [5.74, 6) is -1.43. The minimum atomic E-state index is -1.39. The molecule has 1 aromatic carbocycles. The topological polar surface area (TPSA) is 69.7 Å². The SMILES string of the molecule is C=COc1cccc2c1C(=O)C(OC(=O)CC)C2=O. The van der Waals surface area contributed by atoms with Gasteiger partial charge in [0.15, 0.2) is 0 Å². The van der Waals surface area contributed by atoms with Crippen LogP contribution in [0, 0.1) is 0 Å². The molecule has 1 atom stereocenters. The van der Waals surface area contributed by atoms with Crippen LogP contribution in [-0.2, 0) is 9.53 Å². The molecule has 2 rings (SSSR count). The molecule has 0 radical (unpaired) electrons. The average Bonchev–Trinajstić information content (AvgIpc) is 2.65. The van der Waals surface area contributed by atoms with E-state index in [4.69, 9.17) is 9.47 Å². The highest BCUT2D eigenvalue weighted by Gasteiger charge is 2.43. The largest absolute Gasteiger partial charge is 0.465 e. The van der Waals surface area contributed by atoms with Crippen LogP contribution in [-0.4, -0.2) is 23.6 Å². The molecule has 1 aliphatic rings. The van der Waals surface area contributed by atoms with Crippen LogP contribution in [0.2, 0.25) is 0 Å². The number of fused-ring (bicyclic) bond motifs is 1. The fraction of sp³-hybridized carbons (Fsp3) is 0.214. The molecule has 0 N–H and O–H groups in total. The summed E-state index contributed by atoms with van der Waals surface area (Å²) in [6.45, 7) is 4.99. The Morgan fingerprint density at radius 2 is 2.11 bits per heavy atom. The second-order valence-electron chi connectivity index (χ2n) is 3.92. The van der Waals surface area contributed by atoms with E-state index < -0.39 is 23.6 Å². The molecule has 0 fully saturated rings. The van der Waals surface area contributed by atoms with Gasteiger partial charge in [-0.15, -0.1) is 0 Å². The Morgan fingerprint density at radius 3 is 2.74 bits per heavy atom. The number of esters is 1. The van der Waals surface area contributed by atoms with Crippen molar-refractivity contribution in [3.8, 4) is 5.75 Å². The maximum atomic E-state index is 12.1. The zero-order valence-corrected chi connectivity index (χ0v) is 10.3. The standard InChI is InChI=1S/C14H12O5/c1-3-10(15)19-14-12(16)8-6-5-7-9(18-4-2)11(8)13(14)17/h4-7,14H,2-3H2,1H3. The third-order valence-corrected chi connectivity index (χ3v) is 2.76. The summed E-state index contributed by atoms with van der Waals surface area (Å²) in [6.07, 6.45) is -0.126.